The van der Waals surface area contributed by atoms with Gasteiger partial charge in [-0.1, -0.05) is 12.1 Å². The number of carbonyl (C=O) groups excluding carboxylic acids is 2. The molecule has 0 radical (unpaired) electrons. The zero-order chi connectivity index (χ0) is 16.2. The first kappa shape index (κ1) is 15.3. The molecule has 1 aromatic heterocycles. The number of rotatable bonds is 3. The number of hydrogen-bond acceptors (Lipinski definition) is 3. The fourth-order valence-electron chi connectivity index (χ4n) is 2.74. The highest BCUT2D eigenvalue weighted by Crippen LogP contribution is 2.21. The number of anilines is 1. The number of furan rings is 1. The molecule has 2 heterocycles. The van der Waals surface area contributed by atoms with E-state index in [1.807, 2.05) is 0 Å². The van der Waals surface area contributed by atoms with Crippen LogP contribution < -0.4 is 5.32 Å². The molecule has 0 aliphatic carbocycles. The number of para-hydroxylation sites is 1. The van der Waals surface area contributed by atoms with Gasteiger partial charge in [0, 0.05) is 13.1 Å². The van der Waals surface area contributed by atoms with Gasteiger partial charge in [0.25, 0.3) is 5.91 Å². The van der Waals surface area contributed by atoms with Crippen LogP contribution in [0.15, 0.2) is 47.3 Å². The van der Waals surface area contributed by atoms with Gasteiger partial charge < -0.3 is 14.6 Å². The van der Waals surface area contributed by atoms with E-state index in [1.54, 1.807) is 23.1 Å². The van der Waals surface area contributed by atoms with Crippen molar-refractivity contribution in [2.45, 2.75) is 12.8 Å². The highest BCUT2D eigenvalue weighted by Gasteiger charge is 2.29. The number of piperidine rings is 1. The van der Waals surface area contributed by atoms with Crippen molar-refractivity contribution >= 4 is 17.5 Å². The normalized spacial score (nSPS) is 17.8. The van der Waals surface area contributed by atoms with Gasteiger partial charge in [0.05, 0.1) is 23.4 Å². The summed E-state index contributed by atoms with van der Waals surface area (Å²) in [5.74, 6) is -1.23. The Morgan fingerprint density at radius 1 is 1.26 bits per heavy atom. The highest BCUT2D eigenvalue weighted by atomic mass is 19.1. The lowest BCUT2D eigenvalue weighted by Gasteiger charge is -2.31. The van der Waals surface area contributed by atoms with Crippen LogP contribution in [0.4, 0.5) is 10.1 Å². The van der Waals surface area contributed by atoms with Crippen LogP contribution in [0.1, 0.15) is 23.2 Å². The van der Waals surface area contributed by atoms with E-state index in [-0.39, 0.29) is 23.4 Å². The van der Waals surface area contributed by atoms with Gasteiger partial charge in [-0.15, -0.1) is 0 Å². The Hall–Kier alpha value is -2.63. The Balaban J connectivity index is 1.65. The van der Waals surface area contributed by atoms with Crippen molar-refractivity contribution in [2.24, 2.45) is 5.92 Å². The van der Waals surface area contributed by atoms with Gasteiger partial charge in [-0.3, -0.25) is 9.59 Å². The van der Waals surface area contributed by atoms with Gasteiger partial charge in [0.2, 0.25) is 5.91 Å². The lowest BCUT2D eigenvalue weighted by atomic mass is 9.96. The number of benzene rings is 1. The van der Waals surface area contributed by atoms with Crippen LogP contribution in [-0.2, 0) is 4.79 Å². The Kier molecular flexibility index (Phi) is 4.41. The van der Waals surface area contributed by atoms with Crippen molar-refractivity contribution in [3.05, 3.63) is 54.2 Å². The largest absolute Gasteiger partial charge is 0.472 e. The Bertz CT molecular complexity index is 700. The topological polar surface area (TPSA) is 62.6 Å². The van der Waals surface area contributed by atoms with Gasteiger partial charge in [-0.25, -0.2) is 4.39 Å². The maximum absolute atomic E-state index is 13.6. The first-order chi connectivity index (χ1) is 11.1. The van der Waals surface area contributed by atoms with Crippen molar-refractivity contribution < 1.29 is 18.4 Å². The number of nitrogens with zero attached hydrogens (tertiary/aromatic N) is 1. The monoisotopic (exact) mass is 316 g/mol. The smallest absolute Gasteiger partial charge is 0.257 e. The molecule has 5 nitrogen and oxygen atoms in total. The standard InChI is InChI=1S/C17H17FN2O3/c18-14-5-1-2-6-15(14)19-16(21)12-4-3-8-20(10-12)17(22)13-7-9-23-11-13/h1-2,5-7,9,11-12H,3-4,8,10H2,(H,19,21)/t12-/m0/s1. The molecule has 1 atom stereocenters. The second-order valence-corrected chi connectivity index (χ2v) is 5.57. The van der Waals surface area contributed by atoms with Crippen LogP contribution in [0.25, 0.3) is 0 Å². The van der Waals surface area contributed by atoms with Crippen LogP contribution in [0.2, 0.25) is 0 Å². The molecule has 6 heteroatoms. The predicted molar refractivity (Wildman–Crippen MR) is 82.4 cm³/mol. The van der Waals surface area contributed by atoms with Crippen LogP contribution in [-0.4, -0.2) is 29.8 Å². The van der Waals surface area contributed by atoms with Gasteiger partial charge in [0.1, 0.15) is 12.1 Å². The second kappa shape index (κ2) is 6.64. The van der Waals surface area contributed by atoms with Crippen LogP contribution in [0.5, 0.6) is 0 Å². The van der Waals surface area contributed by atoms with Crippen LogP contribution in [0.3, 0.4) is 0 Å². The average molecular weight is 316 g/mol. The summed E-state index contributed by atoms with van der Waals surface area (Å²) in [7, 11) is 0. The summed E-state index contributed by atoms with van der Waals surface area (Å²) in [4.78, 5) is 26.3. The van der Waals surface area contributed by atoms with E-state index in [2.05, 4.69) is 5.32 Å². The molecular weight excluding hydrogens is 299 g/mol. The fourth-order valence-corrected chi connectivity index (χ4v) is 2.74. The molecule has 0 spiro atoms. The quantitative estimate of drug-likeness (QED) is 0.947. The number of hydrogen-bond donors (Lipinski definition) is 1. The van der Waals surface area contributed by atoms with Gasteiger partial charge >= 0.3 is 0 Å². The molecular formula is C17H17FN2O3. The van der Waals surface area contributed by atoms with E-state index in [9.17, 15) is 14.0 Å². The maximum atomic E-state index is 13.6. The summed E-state index contributed by atoms with van der Waals surface area (Å²) in [6, 6.07) is 7.65. The number of likely N-dealkylation sites (tertiary alicyclic amines) is 1. The number of carbonyl (C=O) groups is 2. The minimum atomic E-state index is -0.469. The maximum Gasteiger partial charge on any atom is 0.257 e. The van der Waals surface area contributed by atoms with Crippen molar-refractivity contribution in [3.63, 3.8) is 0 Å². The van der Waals surface area contributed by atoms with Crippen LogP contribution in [0, 0.1) is 11.7 Å². The van der Waals surface area contributed by atoms with Crippen molar-refractivity contribution in [1.82, 2.24) is 4.90 Å². The van der Waals surface area contributed by atoms with Gasteiger partial charge in [-0.2, -0.15) is 0 Å². The first-order valence-corrected chi connectivity index (χ1v) is 7.52. The third-order valence-corrected chi connectivity index (χ3v) is 3.98. The molecule has 1 fully saturated rings. The van der Waals surface area contributed by atoms with E-state index in [0.29, 0.717) is 25.1 Å². The van der Waals surface area contributed by atoms with Crippen molar-refractivity contribution in [1.29, 1.82) is 0 Å². The zero-order valence-electron chi connectivity index (χ0n) is 12.5. The summed E-state index contributed by atoms with van der Waals surface area (Å²) in [6.07, 6.45) is 4.25. The lowest BCUT2D eigenvalue weighted by molar-refractivity contribution is -0.121. The summed E-state index contributed by atoms with van der Waals surface area (Å²) >= 11 is 0. The highest BCUT2D eigenvalue weighted by molar-refractivity contribution is 5.96. The molecule has 3 rings (SSSR count). The summed E-state index contributed by atoms with van der Waals surface area (Å²) < 4.78 is 18.5. The van der Waals surface area contributed by atoms with E-state index in [0.717, 1.165) is 6.42 Å². The Morgan fingerprint density at radius 3 is 2.83 bits per heavy atom. The zero-order valence-corrected chi connectivity index (χ0v) is 12.5. The average Bonchev–Trinajstić information content (AvgIpc) is 3.11. The number of nitrogens with one attached hydrogen (secondary N) is 1. The SMILES string of the molecule is O=C(Nc1ccccc1F)[C@H]1CCCN(C(=O)c2ccoc2)C1. The van der Waals surface area contributed by atoms with Crippen molar-refractivity contribution in [3.8, 4) is 0 Å². The molecule has 2 amide bonds. The van der Waals surface area contributed by atoms with Gasteiger partial charge in [-0.05, 0) is 31.0 Å². The molecule has 0 bridgehead atoms. The second-order valence-electron chi connectivity index (χ2n) is 5.57. The minimum absolute atomic E-state index is 0.151. The number of amides is 2. The van der Waals surface area contributed by atoms with Gasteiger partial charge in [0.15, 0.2) is 0 Å². The molecule has 1 aliphatic rings. The molecule has 2 aromatic rings. The molecule has 23 heavy (non-hydrogen) atoms. The number of halogens is 1. The fraction of sp³-hybridized carbons (Fsp3) is 0.294. The third-order valence-electron chi connectivity index (χ3n) is 3.98. The third kappa shape index (κ3) is 3.41. The van der Waals surface area contributed by atoms with E-state index < -0.39 is 5.82 Å². The summed E-state index contributed by atoms with van der Waals surface area (Å²) in [5.41, 5.74) is 0.635. The molecule has 0 unspecified atom stereocenters. The predicted octanol–water partition coefficient (Wildman–Crippen LogP) is 2.91. The van der Waals surface area contributed by atoms with Crippen molar-refractivity contribution in [2.75, 3.05) is 18.4 Å². The van der Waals surface area contributed by atoms with E-state index >= 15 is 0 Å². The summed E-state index contributed by atoms with van der Waals surface area (Å²) in [5, 5.41) is 2.60. The van der Waals surface area contributed by atoms with Crippen LogP contribution >= 0.6 is 0 Å². The molecule has 120 valence electrons. The Labute approximate surface area is 133 Å². The molecule has 1 N–H and O–H groups in total. The Morgan fingerprint density at radius 2 is 2.09 bits per heavy atom. The molecule has 1 saturated heterocycles. The van der Waals surface area contributed by atoms with E-state index in [4.69, 9.17) is 4.42 Å². The molecule has 1 aliphatic heterocycles. The first-order valence-electron chi connectivity index (χ1n) is 7.52. The lowest BCUT2D eigenvalue weighted by Crippen LogP contribution is -2.43. The minimum Gasteiger partial charge on any atom is -0.472 e. The van der Waals surface area contributed by atoms with E-state index in [1.165, 1.54) is 24.7 Å². The molecule has 0 saturated carbocycles. The molecule has 1 aromatic carbocycles. The summed E-state index contributed by atoms with van der Waals surface area (Å²) in [6.45, 7) is 0.928.